The molecule has 1 aliphatic rings. The fourth-order valence-corrected chi connectivity index (χ4v) is 4.64. The molecule has 3 rings (SSSR count). The lowest BCUT2D eigenvalue weighted by Gasteiger charge is -2.29. The predicted octanol–water partition coefficient (Wildman–Crippen LogP) is 3.63. The molecule has 1 aliphatic carbocycles. The van der Waals surface area contributed by atoms with Crippen LogP contribution in [0.25, 0.3) is 11.1 Å². The van der Waals surface area contributed by atoms with Crippen LogP contribution in [0.4, 0.5) is 14.7 Å². The fourth-order valence-electron chi connectivity index (χ4n) is 3.40. The minimum Gasteiger partial charge on any atom is -0.368 e. The maximum absolute atomic E-state index is 13.5. The van der Waals surface area contributed by atoms with Crippen molar-refractivity contribution in [2.24, 2.45) is 5.14 Å². The van der Waals surface area contributed by atoms with Crippen LogP contribution in [0.2, 0.25) is 5.02 Å². The van der Waals surface area contributed by atoms with Crippen molar-refractivity contribution in [3.8, 4) is 11.1 Å². The third-order valence-electron chi connectivity index (χ3n) is 4.84. The van der Waals surface area contributed by atoms with Gasteiger partial charge in [0.1, 0.15) is 4.90 Å². The largest absolute Gasteiger partial charge is 0.368 e. The second kappa shape index (κ2) is 6.96. The highest BCUT2D eigenvalue weighted by Crippen LogP contribution is 2.45. The highest BCUT2D eigenvalue weighted by atomic mass is 35.5. The number of halogens is 3. The SMILES string of the molecule is Cc1nc(N)ncc1-c1cc(C2CCC(F)(F)CC2)c(Cl)c(S(N)(=O)=O)c1. The second-order valence-corrected chi connectivity index (χ2v) is 8.69. The summed E-state index contributed by atoms with van der Waals surface area (Å²) >= 11 is 6.32. The first-order valence-corrected chi connectivity index (χ1v) is 10.2. The highest BCUT2D eigenvalue weighted by molar-refractivity contribution is 7.89. The minimum absolute atomic E-state index is 0.0227. The Morgan fingerprint density at radius 2 is 1.89 bits per heavy atom. The summed E-state index contributed by atoms with van der Waals surface area (Å²) in [6.45, 7) is 1.71. The summed E-state index contributed by atoms with van der Waals surface area (Å²) in [6.07, 6.45) is 1.35. The Kier molecular flexibility index (Phi) is 5.13. The van der Waals surface area contributed by atoms with Gasteiger partial charge in [-0.3, -0.25) is 0 Å². The molecule has 1 saturated carbocycles. The van der Waals surface area contributed by atoms with Crippen molar-refractivity contribution in [3.63, 3.8) is 0 Å². The Labute approximate surface area is 161 Å². The van der Waals surface area contributed by atoms with Crippen LogP contribution in [0, 0.1) is 6.92 Å². The molecule has 146 valence electrons. The summed E-state index contributed by atoms with van der Waals surface area (Å²) in [4.78, 5) is 7.78. The van der Waals surface area contributed by atoms with Gasteiger partial charge in [0.05, 0.1) is 10.7 Å². The Morgan fingerprint density at radius 3 is 2.44 bits per heavy atom. The molecule has 0 amide bonds. The van der Waals surface area contributed by atoms with Crippen LogP contribution in [-0.2, 0) is 10.0 Å². The van der Waals surface area contributed by atoms with Crippen molar-refractivity contribution in [2.45, 2.75) is 49.3 Å². The van der Waals surface area contributed by atoms with E-state index < -0.39 is 15.9 Å². The number of primary sulfonamides is 1. The molecule has 6 nitrogen and oxygen atoms in total. The van der Waals surface area contributed by atoms with Crippen LogP contribution >= 0.6 is 11.6 Å². The normalized spacial score (nSPS) is 17.8. The Hall–Kier alpha value is -1.84. The maximum Gasteiger partial charge on any atom is 0.248 e. The zero-order valence-electron chi connectivity index (χ0n) is 14.5. The predicted molar refractivity (Wildman–Crippen MR) is 99.2 cm³/mol. The highest BCUT2D eigenvalue weighted by Gasteiger charge is 2.36. The lowest BCUT2D eigenvalue weighted by Crippen LogP contribution is -2.24. The zero-order valence-corrected chi connectivity index (χ0v) is 16.1. The third-order valence-corrected chi connectivity index (χ3v) is 6.31. The van der Waals surface area contributed by atoms with E-state index in [0.29, 0.717) is 22.4 Å². The molecule has 0 saturated heterocycles. The van der Waals surface area contributed by atoms with Crippen LogP contribution in [0.1, 0.15) is 42.9 Å². The van der Waals surface area contributed by atoms with E-state index in [2.05, 4.69) is 9.97 Å². The lowest BCUT2D eigenvalue weighted by atomic mass is 9.81. The van der Waals surface area contributed by atoms with E-state index in [9.17, 15) is 17.2 Å². The molecular weight excluding hydrogens is 398 g/mol. The molecule has 0 radical (unpaired) electrons. The van der Waals surface area contributed by atoms with Gasteiger partial charge in [0.2, 0.25) is 21.9 Å². The van der Waals surface area contributed by atoms with Gasteiger partial charge in [-0.1, -0.05) is 11.6 Å². The van der Waals surface area contributed by atoms with Gasteiger partial charge in [0.25, 0.3) is 0 Å². The maximum atomic E-state index is 13.5. The molecule has 0 spiro atoms. The average Bonchev–Trinajstić information content (AvgIpc) is 2.55. The van der Waals surface area contributed by atoms with Gasteiger partial charge < -0.3 is 5.73 Å². The van der Waals surface area contributed by atoms with Crippen LogP contribution < -0.4 is 10.9 Å². The number of nitrogens with zero attached hydrogens (tertiary/aromatic N) is 2. The molecule has 1 fully saturated rings. The first-order valence-electron chi connectivity index (χ1n) is 8.31. The molecule has 1 heterocycles. The van der Waals surface area contributed by atoms with Crippen LogP contribution in [0.15, 0.2) is 23.2 Å². The van der Waals surface area contributed by atoms with Gasteiger partial charge in [-0.2, -0.15) is 0 Å². The monoisotopic (exact) mass is 416 g/mol. The average molecular weight is 417 g/mol. The van der Waals surface area contributed by atoms with Gasteiger partial charge in [-0.25, -0.2) is 32.3 Å². The first-order chi connectivity index (χ1) is 12.5. The van der Waals surface area contributed by atoms with Crippen LogP contribution in [0.5, 0.6) is 0 Å². The Balaban J connectivity index is 2.16. The third kappa shape index (κ3) is 4.20. The molecule has 27 heavy (non-hydrogen) atoms. The number of aryl methyl sites for hydroxylation is 1. The number of aromatic nitrogens is 2. The van der Waals surface area contributed by atoms with Gasteiger partial charge in [-0.15, -0.1) is 0 Å². The van der Waals surface area contributed by atoms with E-state index in [1.165, 1.54) is 12.3 Å². The van der Waals surface area contributed by atoms with Gasteiger partial charge in [-0.05, 0) is 48.9 Å². The van der Waals surface area contributed by atoms with E-state index in [0.717, 1.165) is 0 Å². The number of rotatable bonds is 3. The summed E-state index contributed by atoms with van der Waals surface area (Å²) in [7, 11) is -4.11. The summed E-state index contributed by atoms with van der Waals surface area (Å²) in [6, 6.07) is 3.05. The number of anilines is 1. The molecule has 10 heteroatoms. The summed E-state index contributed by atoms with van der Waals surface area (Å²) < 4.78 is 51.1. The zero-order chi connectivity index (χ0) is 20.0. The number of sulfonamides is 1. The van der Waals surface area contributed by atoms with Crippen molar-refractivity contribution in [2.75, 3.05) is 5.73 Å². The second-order valence-electron chi connectivity index (χ2n) is 6.78. The number of nitrogen functional groups attached to an aromatic ring is 1. The van der Waals surface area contributed by atoms with E-state index >= 15 is 0 Å². The molecule has 1 aromatic carbocycles. The molecule has 4 N–H and O–H groups in total. The number of nitrogens with two attached hydrogens (primary N) is 2. The van der Waals surface area contributed by atoms with E-state index in [1.54, 1.807) is 13.0 Å². The summed E-state index contributed by atoms with van der Waals surface area (Å²) in [5.41, 5.74) is 7.67. The van der Waals surface area contributed by atoms with Gasteiger partial charge in [0, 0.05) is 24.6 Å². The topological polar surface area (TPSA) is 112 Å². The molecule has 1 aromatic heterocycles. The minimum atomic E-state index is -4.11. The van der Waals surface area contributed by atoms with Gasteiger partial charge >= 0.3 is 0 Å². The van der Waals surface area contributed by atoms with Crippen LogP contribution in [0.3, 0.4) is 0 Å². The van der Waals surface area contributed by atoms with Crippen molar-refractivity contribution in [1.29, 1.82) is 0 Å². The molecule has 0 atom stereocenters. The molecule has 0 aliphatic heterocycles. The number of hydrogen-bond acceptors (Lipinski definition) is 5. The molecule has 2 aromatic rings. The smallest absolute Gasteiger partial charge is 0.248 e. The first kappa shape index (κ1) is 19.9. The molecule has 0 bridgehead atoms. The van der Waals surface area contributed by atoms with Gasteiger partial charge in [0.15, 0.2) is 0 Å². The van der Waals surface area contributed by atoms with Crippen LogP contribution in [-0.4, -0.2) is 24.3 Å². The van der Waals surface area contributed by atoms with Crippen molar-refractivity contribution in [1.82, 2.24) is 9.97 Å². The number of hydrogen-bond donors (Lipinski definition) is 2. The standard InChI is InChI=1S/C17H19ClF2N4O2S/c1-9-13(8-23-16(21)24-9)11-6-12(10-2-4-17(19,20)5-3-10)15(18)14(7-11)27(22,25)26/h6-8,10H,2-5H2,1H3,(H2,21,23,24)(H2,22,25,26). The summed E-state index contributed by atoms with van der Waals surface area (Å²) in [5.74, 6) is -2.90. The molecule has 0 unspecified atom stereocenters. The van der Waals surface area contributed by atoms with Crippen molar-refractivity contribution >= 4 is 27.6 Å². The van der Waals surface area contributed by atoms with E-state index in [4.69, 9.17) is 22.5 Å². The fraction of sp³-hybridized carbons (Fsp3) is 0.412. The van der Waals surface area contributed by atoms with Crippen molar-refractivity contribution < 1.29 is 17.2 Å². The Bertz CT molecular complexity index is 989. The van der Waals surface area contributed by atoms with E-state index in [-0.39, 0.29) is 47.5 Å². The summed E-state index contributed by atoms with van der Waals surface area (Å²) in [5, 5.41) is 5.30. The quantitative estimate of drug-likeness (QED) is 0.793. The van der Waals surface area contributed by atoms with E-state index in [1.807, 2.05) is 0 Å². The lowest BCUT2D eigenvalue weighted by molar-refractivity contribution is -0.0382. The number of alkyl halides is 2. The Morgan fingerprint density at radius 1 is 1.26 bits per heavy atom. The van der Waals surface area contributed by atoms with Crippen molar-refractivity contribution in [3.05, 3.63) is 34.6 Å². The number of benzene rings is 1. The molecular formula is C17H19ClF2N4O2S.